The van der Waals surface area contributed by atoms with Gasteiger partial charge in [0.25, 0.3) is 0 Å². The zero-order valence-corrected chi connectivity index (χ0v) is 32.8. The van der Waals surface area contributed by atoms with Crippen molar-refractivity contribution >= 4 is 5.97 Å². The molecule has 3 fully saturated rings. The highest BCUT2D eigenvalue weighted by Gasteiger charge is 2.50. The Hall–Kier alpha value is -0.930. The van der Waals surface area contributed by atoms with Gasteiger partial charge in [-0.3, -0.25) is 4.79 Å². The van der Waals surface area contributed by atoms with Crippen molar-refractivity contribution in [3.63, 3.8) is 0 Å². The molecule has 12 nitrogen and oxygen atoms in total. The summed E-state index contributed by atoms with van der Waals surface area (Å²) in [7, 11) is 0. The fourth-order valence-electron chi connectivity index (χ4n) is 8.40. The molecule has 294 valence electrons. The number of ether oxygens (including phenoxy) is 5. The molecule has 3 heterocycles. The Morgan fingerprint density at radius 1 is 0.980 bits per heavy atom. The van der Waals surface area contributed by atoms with Crippen LogP contribution in [0.1, 0.15) is 115 Å². The summed E-state index contributed by atoms with van der Waals surface area (Å²) in [5.41, 5.74) is -3.21. The van der Waals surface area contributed by atoms with Gasteiger partial charge in [0.2, 0.25) is 0 Å². The van der Waals surface area contributed by atoms with Gasteiger partial charge in [0, 0.05) is 30.8 Å². The highest BCUT2D eigenvalue weighted by molar-refractivity contribution is 5.73. The van der Waals surface area contributed by atoms with E-state index in [2.05, 4.69) is 31.4 Å². The normalized spacial score (nSPS) is 47.6. The van der Waals surface area contributed by atoms with Crippen LogP contribution in [-0.4, -0.2) is 119 Å². The monoisotopic (exact) mass is 717 g/mol. The lowest BCUT2D eigenvalue weighted by Gasteiger charge is -2.46. The number of carbonyl (C=O) groups is 1. The zero-order valence-electron chi connectivity index (χ0n) is 32.8. The molecule has 0 aromatic rings. The summed E-state index contributed by atoms with van der Waals surface area (Å²) in [6.07, 6.45) is -3.38. The summed E-state index contributed by atoms with van der Waals surface area (Å²) < 4.78 is 32.0. The summed E-state index contributed by atoms with van der Waals surface area (Å²) in [5.74, 6) is -1.65. The van der Waals surface area contributed by atoms with Crippen LogP contribution in [0.4, 0.5) is 0 Å². The molecule has 3 rings (SSSR count). The van der Waals surface area contributed by atoms with Crippen molar-refractivity contribution in [2.45, 2.75) is 187 Å². The van der Waals surface area contributed by atoms with Crippen LogP contribution in [0.2, 0.25) is 0 Å². The van der Waals surface area contributed by atoms with Crippen molar-refractivity contribution in [3.05, 3.63) is 0 Å². The van der Waals surface area contributed by atoms with Crippen LogP contribution in [0.3, 0.4) is 0 Å². The van der Waals surface area contributed by atoms with Gasteiger partial charge in [0.05, 0.1) is 35.9 Å². The van der Waals surface area contributed by atoms with Crippen molar-refractivity contribution in [1.29, 1.82) is 0 Å². The van der Waals surface area contributed by atoms with Gasteiger partial charge < -0.3 is 54.7 Å². The van der Waals surface area contributed by atoms with Crippen molar-refractivity contribution in [3.8, 4) is 0 Å². The van der Waals surface area contributed by atoms with E-state index in [1.807, 2.05) is 20.8 Å². The van der Waals surface area contributed by atoms with Gasteiger partial charge in [-0.1, -0.05) is 34.6 Å². The molecule has 12 heteroatoms. The molecule has 0 aromatic carbocycles. The minimum absolute atomic E-state index is 0.0950. The van der Waals surface area contributed by atoms with E-state index in [0.29, 0.717) is 25.8 Å². The van der Waals surface area contributed by atoms with Gasteiger partial charge in [-0.2, -0.15) is 0 Å². The van der Waals surface area contributed by atoms with Crippen LogP contribution in [0, 0.1) is 29.6 Å². The first-order valence-electron chi connectivity index (χ1n) is 19.4. The van der Waals surface area contributed by atoms with Crippen molar-refractivity contribution < 1.29 is 48.9 Å². The SMILES string of the molecule is CCCNCC1C(C)C[C@H](O[C@H]2[C@H](C)[C@@H](O[C@@H]3O[C@H](C)CC[C@H]3O)[C@](C)(O)C[C@@H](C)CN[C@H](C)[C@@H](O)[C@](C)(O)[C@@H](CC)OC(=O)[C@@H]2C)O[C@H]1C. The first kappa shape index (κ1) is 43.5. The summed E-state index contributed by atoms with van der Waals surface area (Å²) in [6, 6.07) is -0.546. The molecular formula is C38H72N2O10. The van der Waals surface area contributed by atoms with Crippen LogP contribution in [0.15, 0.2) is 0 Å². The molecular weight excluding hydrogens is 644 g/mol. The van der Waals surface area contributed by atoms with E-state index in [1.54, 1.807) is 27.7 Å². The molecule has 3 saturated heterocycles. The molecule has 3 aliphatic heterocycles. The number of cyclic esters (lactones) is 1. The molecule has 0 aromatic heterocycles. The molecule has 0 amide bonds. The molecule has 17 atom stereocenters. The third-order valence-corrected chi connectivity index (χ3v) is 11.6. The predicted octanol–water partition coefficient (Wildman–Crippen LogP) is 3.50. The summed E-state index contributed by atoms with van der Waals surface area (Å²) in [6.45, 7) is 22.9. The van der Waals surface area contributed by atoms with Crippen molar-refractivity contribution in [1.82, 2.24) is 10.6 Å². The second kappa shape index (κ2) is 18.9. The summed E-state index contributed by atoms with van der Waals surface area (Å²) >= 11 is 0. The lowest BCUT2D eigenvalue weighted by molar-refractivity contribution is -0.301. The van der Waals surface area contributed by atoms with E-state index in [9.17, 15) is 25.2 Å². The van der Waals surface area contributed by atoms with Crippen LogP contribution < -0.4 is 10.6 Å². The maximum Gasteiger partial charge on any atom is 0.311 e. The van der Waals surface area contributed by atoms with Gasteiger partial charge in [-0.25, -0.2) is 0 Å². The maximum absolute atomic E-state index is 14.1. The molecule has 2 unspecified atom stereocenters. The fourth-order valence-corrected chi connectivity index (χ4v) is 8.40. The Morgan fingerprint density at radius 2 is 1.66 bits per heavy atom. The number of hydrogen-bond donors (Lipinski definition) is 6. The van der Waals surface area contributed by atoms with E-state index >= 15 is 0 Å². The van der Waals surface area contributed by atoms with Crippen molar-refractivity contribution in [2.24, 2.45) is 29.6 Å². The van der Waals surface area contributed by atoms with Crippen LogP contribution in [0.5, 0.6) is 0 Å². The number of rotatable bonds is 9. The fraction of sp³-hybridized carbons (Fsp3) is 0.974. The molecule has 6 N–H and O–H groups in total. The Kier molecular flexibility index (Phi) is 16.4. The highest BCUT2D eigenvalue weighted by atomic mass is 16.7. The van der Waals surface area contributed by atoms with Crippen molar-refractivity contribution in [2.75, 3.05) is 19.6 Å². The highest BCUT2D eigenvalue weighted by Crippen LogP contribution is 2.39. The van der Waals surface area contributed by atoms with E-state index in [4.69, 9.17) is 23.7 Å². The Bertz CT molecular complexity index is 1020. The Labute approximate surface area is 301 Å². The second-order valence-electron chi connectivity index (χ2n) is 16.5. The second-order valence-corrected chi connectivity index (χ2v) is 16.5. The number of aliphatic hydroxyl groups is 4. The van der Waals surface area contributed by atoms with Crippen LogP contribution in [0.25, 0.3) is 0 Å². The number of hydrogen-bond acceptors (Lipinski definition) is 12. The molecule has 0 spiro atoms. The topological polar surface area (TPSA) is 168 Å². The zero-order chi connectivity index (χ0) is 37.6. The maximum atomic E-state index is 14.1. The quantitative estimate of drug-likeness (QED) is 0.152. The van der Waals surface area contributed by atoms with Gasteiger partial charge in [-0.05, 0) is 98.6 Å². The van der Waals surface area contributed by atoms with E-state index < -0.39 is 78.1 Å². The summed E-state index contributed by atoms with van der Waals surface area (Å²) in [5, 5.41) is 53.0. The van der Waals surface area contributed by atoms with Gasteiger partial charge in [0.1, 0.15) is 23.9 Å². The molecule has 50 heavy (non-hydrogen) atoms. The number of nitrogens with one attached hydrogen (secondary N) is 2. The molecule has 0 saturated carbocycles. The lowest BCUT2D eigenvalue weighted by atomic mass is 9.77. The van der Waals surface area contributed by atoms with Crippen LogP contribution >= 0.6 is 0 Å². The standard InChI is InChI=1S/C38H72N2O10/c1-12-16-39-20-28-22(4)17-31(47-27(28)9)49-32-24(6)34(50-36-29(41)15-14-23(5)46-36)37(10,44)18-21(3)19-40-26(8)33(42)38(11,45)30(13-2)48-35(43)25(32)7/h21-34,36,39-42,44-45H,12-20H2,1-11H3/t21-,22?,23-,24+,25-,26-,27+,28?,29-,30-,31+,32+,33-,34-,36+,37-,38-/m1/s1. The largest absolute Gasteiger partial charge is 0.459 e. The van der Waals surface area contributed by atoms with Gasteiger partial charge in [0.15, 0.2) is 12.6 Å². The number of carbonyl (C=O) groups excluding carboxylic acids is 1. The first-order valence-corrected chi connectivity index (χ1v) is 19.4. The molecule has 0 aliphatic carbocycles. The molecule has 0 bridgehead atoms. The smallest absolute Gasteiger partial charge is 0.311 e. The van der Waals surface area contributed by atoms with E-state index in [1.165, 1.54) is 6.92 Å². The van der Waals surface area contributed by atoms with Crippen LogP contribution in [-0.2, 0) is 28.5 Å². The van der Waals surface area contributed by atoms with E-state index in [0.717, 1.165) is 19.5 Å². The number of aliphatic hydroxyl groups excluding tert-OH is 2. The average Bonchev–Trinajstić information content (AvgIpc) is 3.04. The van der Waals surface area contributed by atoms with E-state index in [-0.39, 0.29) is 42.8 Å². The summed E-state index contributed by atoms with van der Waals surface area (Å²) in [4.78, 5) is 14.1. The number of esters is 1. The molecule has 3 aliphatic rings. The van der Waals surface area contributed by atoms with Gasteiger partial charge >= 0.3 is 5.97 Å². The Balaban J connectivity index is 2.05. The predicted molar refractivity (Wildman–Crippen MR) is 191 cm³/mol. The average molecular weight is 717 g/mol. The minimum Gasteiger partial charge on any atom is -0.459 e. The first-order chi connectivity index (χ1) is 23.3. The third-order valence-electron chi connectivity index (χ3n) is 11.6. The lowest BCUT2D eigenvalue weighted by Crippen LogP contribution is -2.58. The molecule has 0 radical (unpaired) electrons. The minimum atomic E-state index is -1.75. The van der Waals surface area contributed by atoms with Gasteiger partial charge in [-0.15, -0.1) is 0 Å². The Morgan fingerprint density at radius 3 is 2.28 bits per heavy atom. The third kappa shape index (κ3) is 11.1.